The molecule has 0 aliphatic heterocycles. The lowest BCUT2D eigenvalue weighted by Gasteiger charge is -2.38. The van der Waals surface area contributed by atoms with Crippen molar-refractivity contribution in [3.8, 4) is 34.5 Å². The van der Waals surface area contributed by atoms with Gasteiger partial charge in [0.2, 0.25) is 10.8 Å². The van der Waals surface area contributed by atoms with E-state index in [0.717, 1.165) is 48.5 Å². The zero-order valence-corrected chi connectivity index (χ0v) is 29.8. The standard InChI is InChI=1S/C42H28F12N2O3/c43-39(44,45)37(40(46,47)48,25-5-1-9-33(21-25)57-31-17-13-29(55)14-18-31)27-7-3-11-35(23-27)59-36-12-4-8-28(24-36)38(41(49,50)51,42(52,53)54)26-6-2-10-34(22-26)58-32-19-15-30(56)16-20-32/h1-24H,55-56H2. The Morgan fingerprint density at radius 2 is 0.508 bits per heavy atom. The molecule has 6 rings (SSSR count). The number of anilines is 2. The summed E-state index contributed by atoms with van der Waals surface area (Å²) in [5.41, 5.74) is -3.16. The van der Waals surface area contributed by atoms with Gasteiger partial charge in [-0.3, -0.25) is 0 Å². The van der Waals surface area contributed by atoms with E-state index in [1.54, 1.807) is 0 Å². The molecule has 17 heteroatoms. The number of rotatable bonds is 10. The number of ether oxygens (including phenoxy) is 3. The van der Waals surface area contributed by atoms with Gasteiger partial charge in [-0.2, -0.15) is 52.7 Å². The van der Waals surface area contributed by atoms with E-state index in [1.165, 1.54) is 48.5 Å². The van der Waals surface area contributed by atoms with Gasteiger partial charge in [0.15, 0.2) is 0 Å². The Morgan fingerprint density at radius 1 is 0.288 bits per heavy atom. The SMILES string of the molecule is Nc1ccc(Oc2cccc(C(c3cccc(Oc4cccc(C(c5cccc(Oc6ccc(N)cc6)c5)(C(F)(F)F)C(F)(F)F)c4)c3)(C(F)(F)F)C(F)(F)F)c2)cc1. The molecule has 0 spiro atoms. The van der Waals surface area contributed by atoms with Crippen molar-refractivity contribution in [2.75, 3.05) is 11.5 Å². The minimum absolute atomic E-state index is 0.0397. The van der Waals surface area contributed by atoms with Crippen LogP contribution >= 0.6 is 0 Å². The maximum Gasteiger partial charge on any atom is 0.411 e. The molecule has 0 fully saturated rings. The summed E-state index contributed by atoms with van der Waals surface area (Å²) < 4.78 is 198. The van der Waals surface area contributed by atoms with Gasteiger partial charge in [-0.25, -0.2) is 0 Å². The lowest BCUT2D eigenvalue weighted by atomic mass is 9.72. The largest absolute Gasteiger partial charge is 0.457 e. The molecule has 0 saturated heterocycles. The Bertz CT molecular complexity index is 2210. The van der Waals surface area contributed by atoms with Gasteiger partial charge in [0.1, 0.15) is 34.5 Å². The molecule has 59 heavy (non-hydrogen) atoms. The number of hydrogen-bond donors (Lipinski definition) is 2. The average molecular weight is 837 g/mol. The van der Waals surface area contributed by atoms with Crippen molar-refractivity contribution in [1.29, 1.82) is 0 Å². The second-order valence-corrected chi connectivity index (χ2v) is 13.0. The fourth-order valence-corrected chi connectivity index (χ4v) is 6.62. The molecular weight excluding hydrogens is 808 g/mol. The normalized spacial score (nSPS) is 12.9. The highest BCUT2D eigenvalue weighted by molar-refractivity contribution is 5.53. The number of benzene rings is 6. The molecule has 0 heterocycles. The minimum Gasteiger partial charge on any atom is -0.457 e. The van der Waals surface area contributed by atoms with E-state index in [-0.39, 0.29) is 11.5 Å². The number of nitrogen functional groups attached to an aromatic ring is 2. The number of hydrogen-bond acceptors (Lipinski definition) is 5. The van der Waals surface area contributed by atoms with Gasteiger partial charge in [-0.1, -0.05) is 48.5 Å². The van der Waals surface area contributed by atoms with Gasteiger partial charge in [0, 0.05) is 11.4 Å². The molecule has 0 amide bonds. The third-order valence-electron chi connectivity index (χ3n) is 9.24. The van der Waals surface area contributed by atoms with Gasteiger partial charge >= 0.3 is 24.7 Å². The average Bonchev–Trinajstić information content (AvgIpc) is 3.12. The van der Waals surface area contributed by atoms with Gasteiger partial charge in [0.25, 0.3) is 0 Å². The maximum atomic E-state index is 15.1. The molecule has 0 saturated carbocycles. The van der Waals surface area contributed by atoms with Crippen molar-refractivity contribution in [3.63, 3.8) is 0 Å². The van der Waals surface area contributed by atoms with Crippen LogP contribution in [0, 0.1) is 0 Å². The highest BCUT2D eigenvalue weighted by Crippen LogP contribution is 2.59. The fourth-order valence-electron chi connectivity index (χ4n) is 6.62. The van der Waals surface area contributed by atoms with E-state index in [1.807, 2.05) is 0 Å². The van der Waals surface area contributed by atoms with Crippen LogP contribution in [0.3, 0.4) is 0 Å². The van der Waals surface area contributed by atoms with Crippen LogP contribution in [0.4, 0.5) is 64.1 Å². The van der Waals surface area contributed by atoms with Crippen molar-refractivity contribution in [2.45, 2.75) is 35.5 Å². The third kappa shape index (κ3) is 8.00. The Labute approximate surface area is 327 Å². The predicted octanol–water partition coefficient (Wildman–Crippen LogP) is 13.0. The Hall–Kier alpha value is -6.52. The topological polar surface area (TPSA) is 79.7 Å². The van der Waals surface area contributed by atoms with Gasteiger partial charge in [-0.15, -0.1) is 0 Å². The van der Waals surface area contributed by atoms with E-state index in [2.05, 4.69) is 0 Å². The molecule has 6 aromatic rings. The molecule has 0 unspecified atom stereocenters. The van der Waals surface area contributed by atoms with Crippen LogP contribution in [0.15, 0.2) is 146 Å². The summed E-state index contributed by atoms with van der Waals surface area (Å²) in [7, 11) is 0. The summed E-state index contributed by atoms with van der Waals surface area (Å²) in [5, 5.41) is 0. The number of nitrogens with two attached hydrogens (primary N) is 2. The Balaban J connectivity index is 1.43. The zero-order chi connectivity index (χ0) is 43.0. The first kappa shape index (κ1) is 42.1. The number of alkyl halides is 12. The monoisotopic (exact) mass is 836 g/mol. The lowest BCUT2D eigenvalue weighted by Crippen LogP contribution is -2.54. The molecule has 0 bridgehead atoms. The molecule has 5 nitrogen and oxygen atoms in total. The Morgan fingerprint density at radius 3 is 0.729 bits per heavy atom. The summed E-state index contributed by atoms with van der Waals surface area (Å²) >= 11 is 0. The van der Waals surface area contributed by atoms with Crippen LogP contribution in [-0.4, -0.2) is 24.7 Å². The summed E-state index contributed by atoms with van der Waals surface area (Å²) in [6.07, 6.45) is -24.4. The smallest absolute Gasteiger partial charge is 0.411 e. The summed E-state index contributed by atoms with van der Waals surface area (Å²) in [6.45, 7) is 0. The van der Waals surface area contributed by atoms with Crippen molar-refractivity contribution < 1.29 is 66.9 Å². The molecule has 0 radical (unpaired) electrons. The minimum atomic E-state index is -6.09. The molecule has 0 aliphatic rings. The summed E-state index contributed by atoms with van der Waals surface area (Å²) in [6, 6.07) is 22.2. The van der Waals surface area contributed by atoms with Gasteiger partial charge in [-0.05, 0) is 119 Å². The Kier molecular flexibility index (Phi) is 10.9. The summed E-state index contributed by atoms with van der Waals surface area (Å²) in [4.78, 5) is 0. The van der Waals surface area contributed by atoms with Crippen LogP contribution in [0.2, 0.25) is 0 Å². The van der Waals surface area contributed by atoms with E-state index >= 15 is 52.7 Å². The fraction of sp³-hybridized carbons (Fsp3) is 0.143. The first-order valence-electron chi connectivity index (χ1n) is 17.0. The van der Waals surface area contributed by atoms with E-state index in [0.29, 0.717) is 59.9 Å². The first-order chi connectivity index (χ1) is 27.6. The quantitative estimate of drug-likeness (QED) is 0.106. The van der Waals surface area contributed by atoms with Gasteiger partial charge in [0.05, 0.1) is 0 Å². The van der Waals surface area contributed by atoms with E-state index < -0.39 is 80.8 Å². The molecule has 308 valence electrons. The van der Waals surface area contributed by atoms with E-state index in [9.17, 15) is 0 Å². The highest BCUT2D eigenvalue weighted by Gasteiger charge is 2.74. The first-order valence-corrected chi connectivity index (χ1v) is 17.0. The second-order valence-electron chi connectivity index (χ2n) is 13.0. The van der Waals surface area contributed by atoms with Gasteiger partial charge < -0.3 is 25.7 Å². The molecule has 6 aromatic carbocycles. The molecule has 0 aromatic heterocycles. The van der Waals surface area contributed by atoms with Crippen LogP contribution in [0.1, 0.15) is 22.3 Å². The van der Waals surface area contributed by atoms with Crippen LogP contribution in [-0.2, 0) is 10.8 Å². The maximum absolute atomic E-state index is 15.1. The highest BCUT2D eigenvalue weighted by atomic mass is 19.4. The summed E-state index contributed by atoms with van der Waals surface area (Å²) in [5.74, 6) is -2.30. The molecule has 0 atom stereocenters. The molecule has 0 aliphatic carbocycles. The van der Waals surface area contributed by atoms with Crippen molar-refractivity contribution in [3.05, 3.63) is 168 Å². The lowest BCUT2D eigenvalue weighted by molar-refractivity contribution is -0.290. The van der Waals surface area contributed by atoms with Crippen molar-refractivity contribution >= 4 is 11.4 Å². The van der Waals surface area contributed by atoms with Crippen molar-refractivity contribution in [1.82, 2.24) is 0 Å². The third-order valence-corrected chi connectivity index (χ3v) is 9.24. The molecular formula is C42H28F12N2O3. The van der Waals surface area contributed by atoms with E-state index in [4.69, 9.17) is 25.7 Å². The predicted molar refractivity (Wildman–Crippen MR) is 193 cm³/mol. The number of halogens is 12. The molecule has 4 N–H and O–H groups in total. The van der Waals surface area contributed by atoms with Crippen LogP contribution < -0.4 is 25.7 Å². The van der Waals surface area contributed by atoms with Crippen LogP contribution in [0.5, 0.6) is 34.5 Å². The van der Waals surface area contributed by atoms with Crippen LogP contribution in [0.25, 0.3) is 0 Å². The second kappa shape index (κ2) is 15.3. The van der Waals surface area contributed by atoms with Crippen molar-refractivity contribution in [2.24, 2.45) is 0 Å². The zero-order valence-electron chi connectivity index (χ0n) is 29.8.